The molecule has 6 heteroatoms. The molecule has 1 heterocycles. The molecular formula is C21H28IN3O2. The number of ether oxygens (including phenoxy) is 2. The summed E-state index contributed by atoms with van der Waals surface area (Å²) in [6, 6.07) is 18.2. The highest BCUT2D eigenvalue weighted by atomic mass is 127. The van der Waals surface area contributed by atoms with Crippen LogP contribution < -0.4 is 14.8 Å². The Kier molecular flexibility index (Phi) is 8.71. The largest absolute Gasteiger partial charge is 0.497 e. The van der Waals surface area contributed by atoms with Gasteiger partial charge in [-0.1, -0.05) is 30.3 Å². The highest BCUT2D eigenvalue weighted by Gasteiger charge is 2.22. The van der Waals surface area contributed by atoms with Gasteiger partial charge >= 0.3 is 0 Å². The molecule has 1 aliphatic rings. The standard InChI is InChI=1S/C21H27N3O2.HI/c1-22-21(23-16-17-8-10-18(25-2)11-9-17)24-14-12-20(13-15-24)26-19-6-4-3-5-7-19;/h3-11,20H,12-16H2,1-2H3,(H,22,23);1H. The van der Waals surface area contributed by atoms with Crippen LogP contribution in [0, 0.1) is 0 Å². The summed E-state index contributed by atoms with van der Waals surface area (Å²) in [6.45, 7) is 2.64. The molecule has 2 aromatic rings. The number of hydrogen-bond donors (Lipinski definition) is 1. The van der Waals surface area contributed by atoms with Crippen molar-refractivity contribution in [3.8, 4) is 11.5 Å². The molecule has 0 atom stereocenters. The zero-order valence-corrected chi connectivity index (χ0v) is 18.3. The van der Waals surface area contributed by atoms with E-state index in [9.17, 15) is 0 Å². The molecule has 1 fully saturated rings. The van der Waals surface area contributed by atoms with Gasteiger partial charge in [0.15, 0.2) is 5.96 Å². The molecule has 0 aromatic heterocycles. The zero-order valence-electron chi connectivity index (χ0n) is 15.9. The van der Waals surface area contributed by atoms with Gasteiger partial charge < -0.3 is 19.7 Å². The number of benzene rings is 2. The van der Waals surface area contributed by atoms with Gasteiger partial charge in [0.1, 0.15) is 17.6 Å². The van der Waals surface area contributed by atoms with Gasteiger partial charge in [-0.25, -0.2) is 0 Å². The van der Waals surface area contributed by atoms with Crippen LogP contribution in [0.4, 0.5) is 0 Å². The van der Waals surface area contributed by atoms with E-state index in [1.54, 1.807) is 7.11 Å². The molecule has 0 spiro atoms. The number of methoxy groups -OCH3 is 1. The molecule has 146 valence electrons. The van der Waals surface area contributed by atoms with E-state index in [0.717, 1.165) is 49.9 Å². The zero-order chi connectivity index (χ0) is 18.2. The highest BCUT2D eigenvalue weighted by Crippen LogP contribution is 2.19. The fraction of sp³-hybridized carbons (Fsp3) is 0.381. The Morgan fingerprint density at radius 1 is 1.04 bits per heavy atom. The van der Waals surface area contributed by atoms with Gasteiger partial charge in [0.2, 0.25) is 0 Å². The number of piperidine rings is 1. The van der Waals surface area contributed by atoms with Crippen molar-refractivity contribution < 1.29 is 9.47 Å². The van der Waals surface area contributed by atoms with Gasteiger partial charge in [-0.3, -0.25) is 4.99 Å². The Labute approximate surface area is 178 Å². The molecule has 0 saturated carbocycles. The third-order valence-electron chi connectivity index (χ3n) is 4.61. The number of guanidine groups is 1. The predicted molar refractivity (Wildman–Crippen MR) is 120 cm³/mol. The fourth-order valence-electron chi connectivity index (χ4n) is 3.13. The average Bonchev–Trinajstić information content (AvgIpc) is 2.71. The molecule has 5 nitrogen and oxygen atoms in total. The summed E-state index contributed by atoms with van der Waals surface area (Å²) in [4.78, 5) is 6.74. The molecule has 1 aliphatic heterocycles. The Morgan fingerprint density at radius 3 is 2.30 bits per heavy atom. The van der Waals surface area contributed by atoms with Crippen molar-refractivity contribution in [2.45, 2.75) is 25.5 Å². The molecule has 0 aliphatic carbocycles. The minimum atomic E-state index is 0. The van der Waals surface area contributed by atoms with E-state index in [2.05, 4.69) is 27.3 Å². The third-order valence-corrected chi connectivity index (χ3v) is 4.61. The molecule has 0 amide bonds. The molecule has 3 rings (SSSR count). The monoisotopic (exact) mass is 481 g/mol. The summed E-state index contributed by atoms with van der Waals surface area (Å²) in [7, 11) is 3.52. The first-order valence-electron chi connectivity index (χ1n) is 9.08. The van der Waals surface area contributed by atoms with Gasteiger partial charge in [-0.05, 0) is 29.8 Å². The second-order valence-electron chi connectivity index (χ2n) is 6.37. The van der Waals surface area contributed by atoms with Gasteiger partial charge in [-0.15, -0.1) is 24.0 Å². The first kappa shape index (κ1) is 21.3. The Bertz CT molecular complexity index is 699. The molecule has 0 radical (unpaired) electrons. The van der Waals surface area contributed by atoms with Crippen molar-refractivity contribution in [2.75, 3.05) is 27.2 Å². The Hall–Kier alpha value is -1.96. The van der Waals surface area contributed by atoms with Crippen LogP contribution in [0.3, 0.4) is 0 Å². The highest BCUT2D eigenvalue weighted by molar-refractivity contribution is 14.0. The van der Waals surface area contributed by atoms with Crippen LogP contribution in [0.5, 0.6) is 11.5 Å². The quantitative estimate of drug-likeness (QED) is 0.400. The topological polar surface area (TPSA) is 46.1 Å². The maximum atomic E-state index is 6.07. The number of likely N-dealkylation sites (tertiary alicyclic amines) is 1. The van der Waals surface area contributed by atoms with Gasteiger partial charge in [0.25, 0.3) is 0 Å². The SMILES string of the molecule is CN=C(NCc1ccc(OC)cc1)N1CCC(Oc2ccccc2)CC1.I. The lowest BCUT2D eigenvalue weighted by Crippen LogP contribution is -2.47. The first-order valence-corrected chi connectivity index (χ1v) is 9.08. The number of nitrogens with zero attached hydrogens (tertiary/aromatic N) is 2. The summed E-state index contributed by atoms with van der Waals surface area (Å²) in [6.07, 6.45) is 2.27. The summed E-state index contributed by atoms with van der Waals surface area (Å²) in [5.41, 5.74) is 1.20. The normalized spacial score (nSPS) is 15.0. The van der Waals surface area contributed by atoms with E-state index < -0.39 is 0 Å². The van der Waals surface area contributed by atoms with Gasteiger partial charge in [0, 0.05) is 39.5 Å². The Balaban J connectivity index is 0.00000261. The summed E-state index contributed by atoms with van der Waals surface area (Å²) in [5.74, 6) is 2.77. The molecule has 0 bridgehead atoms. The first-order chi connectivity index (χ1) is 12.8. The van der Waals surface area contributed by atoms with Crippen LogP contribution in [0.2, 0.25) is 0 Å². The van der Waals surface area contributed by atoms with Crippen LogP contribution >= 0.6 is 24.0 Å². The summed E-state index contributed by atoms with van der Waals surface area (Å²) < 4.78 is 11.3. The lowest BCUT2D eigenvalue weighted by molar-refractivity contribution is 0.129. The molecule has 1 saturated heterocycles. The molecule has 0 unspecified atom stereocenters. The maximum Gasteiger partial charge on any atom is 0.193 e. The predicted octanol–water partition coefficient (Wildman–Crippen LogP) is 3.93. The van der Waals surface area contributed by atoms with Gasteiger partial charge in [-0.2, -0.15) is 0 Å². The molecule has 27 heavy (non-hydrogen) atoms. The number of rotatable bonds is 5. The van der Waals surface area contributed by atoms with Crippen molar-refractivity contribution in [1.82, 2.24) is 10.2 Å². The fourth-order valence-corrected chi connectivity index (χ4v) is 3.13. The molecular weight excluding hydrogens is 453 g/mol. The van der Waals surface area contributed by atoms with Crippen LogP contribution in [-0.2, 0) is 6.54 Å². The number of hydrogen-bond acceptors (Lipinski definition) is 3. The van der Waals surface area contributed by atoms with Crippen molar-refractivity contribution in [3.05, 3.63) is 60.2 Å². The van der Waals surface area contributed by atoms with Crippen molar-refractivity contribution >= 4 is 29.9 Å². The second kappa shape index (κ2) is 11.0. The minimum Gasteiger partial charge on any atom is -0.497 e. The second-order valence-corrected chi connectivity index (χ2v) is 6.37. The van der Waals surface area contributed by atoms with E-state index in [1.807, 2.05) is 49.5 Å². The minimum absolute atomic E-state index is 0. The number of nitrogens with one attached hydrogen (secondary N) is 1. The van der Waals surface area contributed by atoms with Crippen LogP contribution in [0.1, 0.15) is 18.4 Å². The molecule has 2 aromatic carbocycles. The maximum absolute atomic E-state index is 6.07. The smallest absolute Gasteiger partial charge is 0.193 e. The summed E-state index contributed by atoms with van der Waals surface area (Å²) in [5, 5.41) is 3.45. The van der Waals surface area contributed by atoms with Crippen molar-refractivity contribution in [1.29, 1.82) is 0 Å². The average molecular weight is 481 g/mol. The van der Waals surface area contributed by atoms with E-state index in [1.165, 1.54) is 5.56 Å². The van der Waals surface area contributed by atoms with Gasteiger partial charge in [0.05, 0.1) is 7.11 Å². The van der Waals surface area contributed by atoms with E-state index >= 15 is 0 Å². The summed E-state index contributed by atoms with van der Waals surface area (Å²) >= 11 is 0. The lowest BCUT2D eigenvalue weighted by atomic mass is 10.1. The number of halogens is 1. The van der Waals surface area contributed by atoms with Crippen molar-refractivity contribution in [3.63, 3.8) is 0 Å². The van der Waals surface area contributed by atoms with E-state index in [-0.39, 0.29) is 30.1 Å². The lowest BCUT2D eigenvalue weighted by Gasteiger charge is -2.34. The van der Waals surface area contributed by atoms with E-state index in [0.29, 0.717) is 0 Å². The van der Waals surface area contributed by atoms with E-state index in [4.69, 9.17) is 9.47 Å². The van der Waals surface area contributed by atoms with Crippen molar-refractivity contribution in [2.24, 2.45) is 4.99 Å². The Morgan fingerprint density at radius 2 is 1.70 bits per heavy atom. The van der Waals surface area contributed by atoms with Crippen LogP contribution in [0.25, 0.3) is 0 Å². The van der Waals surface area contributed by atoms with Crippen LogP contribution in [0.15, 0.2) is 59.6 Å². The van der Waals surface area contributed by atoms with Crippen LogP contribution in [-0.4, -0.2) is 44.2 Å². The molecule has 1 N–H and O–H groups in total. The number of aliphatic imine (C=N–C) groups is 1. The number of para-hydroxylation sites is 1. The third kappa shape index (κ3) is 6.30.